The molecule has 1 spiro atoms. The third-order valence-corrected chi connectivity index (χ3v) is 6.41. The molecule has 2 fully saturated rings. The molecular formula is C9H16NO5P. The number of nitrogens with zero attached hydrogens (tertiary/aromatic N) is 1. The van der Waals surface area contributed by atoms with E-state index in [4.69, 9.17) is 9.05 Å². The van der Waals surface area contributed by atoms with Crippen molar-refractivity contribution in [3.8, 4) is 0 Å². The lowest BCUT2D eigenvalue weighted by atomic mass is 10.4. The van der Waals surface area contributed by atoms with Gasteiger partial charge in [0, 0.05) is 11.3 Å². The van der Waals surface area contributed by atoms with E-state index >= 15 is 0 Å². The molecule has 0 heterocycles. The molecule has 0 N–H and O–H groups in total. The Morgan fingerprint density at radius 3 is 2.06 bits per heavy atom. The predicted octanol–water partition coefficient (Wildman–Crippen LogP) is 2.41. The quantitative estimate of drug-likeness (QED) is 0.410. The highest BCUT2D eigenvalue weighted by Gasteiger charge is 2.92. The van der Waals surface area contributed by atoms with E-state index in [-0.39, 0.29) is 13.2 Å². The Balaban J connectivity index is 2.31. The van der Waals surface area contributed by atoms with Gasteiger partial charge in [-0.25, -0.2) is 0 Å². The highest BCUT2D eigenvalue weighted by atomic mass is 31.2. The van der Waals surface area contributed by atoms with Crippen molar-refractivity contribution in [3.05, 3.63) is 10.1 Å². The van der Waals surface area contributed by atoms with Crippen LogP contribution in [0.25, 0.3) is 0 Å². The molecule has 0 bridgehead atoms. The molecule has 2 saturated carbocycles. The van der Waals surface area contributed by atoms with Crippen LogP contribution in [0.4, 0.5) is 0 Å². The number of rotatable bonds is 6. The molecular weight excluding hydrogens is 233 g/mol. The number of hydrogen-bond acceptors (Lipinski definition) is 5. The minimum atomic E-state index is -3.63. The molecule has 0 amide bonds. The summed E-state index contributed by atoms with van der Waals surface area (Å²) >= 11 is 0. The van der Waals surface area contributed by atoms with Crippen LogP contribution < -0.4 is 0 Å². The Labute approximate surface area is 94.0 Å². The van der Waals surface area contributed by atoms with Crippen molar-refractivity contribution in [2.75, 3.05) is 13.2 Å². The van der Waals surface area contributed by atoms with E-state index in [9.17, 15) is 14.7 Å². The first kappa shape index (κ1) is 12.0. The SMILES string of the molecule is CCOP(=O)(OCC)C1([N+](=O)[O-])CC12CC2. The second-order valence-corrected chi connectivity index (χ2v) is 6.62. The van der Waals surface area contributed by atoms with Crippen LogP contribution in [-0.2, 0) is 13.6 Å². The highest BCUT2D eigenvalue weighted by molar-refractivity contribution is 7.55. The van der Waals surface area contributed by atoms with Gasteiger partial charge in [-0.2, -0.15) is 0 Å². The standard InChI is InChI=1S/C9H16NO5P/c1-3-14-16(13,15-4-2)9(10(11)12)7-8(9)5-6-8/h3-7H2,1-2H3. The van der Waals surface area contributed by atoms with Crippen molar-refractivity contribution in [2.24, 2.45) is 5.41 Å². The summed E-state index contributed by atoms with van der Waals surface area (Å²) < 4.78 is 22.8. The summed E-state index contributed by atoms with van der Waals surface area (Å²) in [5.74, 6) is 0. The van der Waals surface area contributed by atoms with Crippen molar-refractivity contribution in [1.29, 1.82) is 0 Å². The maximum Gasteiger partial charge on any atom is 0.407 e. The molecule has 0 aromatic carbocycles. The third kappa shape index (κ3) is 1.30. The minimum absolute atomic E-state index is 0.170. The van der Waals surface area contributed by atoms with Gasteiger partial charge in [0.15, 0.2) is 0 Å². The molecule has 1 unspecified atom stereocenters. The fourth-order valence-electron chi connectivity index (χ4n) is 2.49. The Morgan fingerprint density at radius 1 is 1.31 bits per heavy atom. The topological polar surface area (TPSA) is 78.7 Å². The second-order valence-electron chi connectivity index (χ2n) is 4.36. The van der Waals surface area contributed by atoms with Gasteiger partial charge >= 0.3 is 12.9 Å². The molecule has 16 heavy (non-hydrogen) atoms. The van der Waals surface area contributed by atoms with Crippen molar-refractivity contribution < 1.29 is 18.5 Å². The zero-order valence-electron chi connectivity index (χ0n) is 9.47. The molecule has 6 nitrogen and oxygen atoms in total. The first-order valence-corrected chi connectivity index (χ1v) is 7.06. The van der Waals surface area contributed by atoms with E-state index in [2.05, 4.69) is 0 Å². The lowest BCUT2D eigenvalue weighted by Crippen LogP contribution is -2.27. The summed E-state index contributed by atoms with van der Waals surface area (Å²) in [6.07, 6.45) is 1.86. The van der Waals surface area contributed by atoms with E-state index in [0.29, 0.717) is 6.42 Å². The Kier molecular flexibility index (Phi) is 2.64. The molecule has 7 heteroatoms. The third-order valence-electron chi connectivity index (χ3n) is 3.52. The highest BCUT2D eigenvalue weighted by Crippen LogP contribution is 2.88. The fraction of sp³-hybridized carbons (Fsp3) is 1.00. The Bertz CT molecular complexity index is 357. The van der Waals surface area contributed by atoms with E-state index in [1.165, 1.54) is 0 Å². The summed E-state index contributed by atoms with van der Waals surface area (Å²) in [6, 6.07) is 0. The summed E-state index contributed by atoms with van der Waals surface area (Å²) in [7, 11) is -3.63. The zero-order chi connectivity index (χ0) is 12.0. The van der Waals surface area contributed by atoms with E-state index in [0.717, 1.165) is 12.8 Å². The van der Waals surface area contributed by atoms with Crippen LogP contribution >= 0.6 is 7.60 Å². The van der Waals surface area contributed by atoms with Gasteiger partial charge in [-0.3, -0.25) is 14.7 Å². The first-order valence-electron chi connectivity index (χ1n) is 5.52. The van der Waals surface area contributed by atoms with Gasteiger partial charge in [-0.15, -0.1) is 0 Å². The van der Waals surface area contributed by atoms with E-state index in [1.54, 1.807) is 13.8 Å². The molecule has 2 aliphatic rings. The normalized spacial score (nSPS) is 30.4. The molecule has 0 radical (unpaired) electrons. The molecule has 0 aliphatic heterocycles. The average Bonchev–Trinajstić information content (AvgIpc) is 3.07. The van der Waals surface area contributed by atoms with Crippen molar-refractivity contribution in [3.63, 3.8) is 0 Å². The Hall–Kier alpha value is -0.450. The maximum absolute atomic E-state index is 12.5. The largest absolute Gasteiger partial charge is 0.407 e. The van der Waals surface area contributed by atoms with Gasteiger partial charge in [0.1, 0.15) is 0 Å². The van der Waals surface area contributed by atoms with Crippen molar-refractivity contribution in [1.82, 2.24) is 0 Å². The van der Waals surface area contributed by atoms with Crippen molar-refractivity contribution >= 4 is 7.60 Å². The lowest BCUT2D eigenvalue weighted by Gasteiger charge is -2.20. The zero-order valence-corrected chi connectivity index (χ0v) is 10.4. The van der Waals surface area contributed by atoms with Crippen molar-refractivity contribution in [2.45, 2.75) is 38.4 Å². The van der Waals surface area contributed by atoms with Gasteiger partial charge in [0.25, 0.3) is 0 Å². The summed E-state index contributed by atoms with van der Waals surface area (Å²) in [4.78, 5) is 10.8. The van der Waals surface area contributed by atoms with Crippen LogP contribution in [0.15, 0.2) is 0 Å². The lowest BCUT2D eigenvalue weighted by molar-refractivity contribution is -0.521. The summed E-state index contributed by atoms with van der Waals surface area (Å²) in [6.45, 7) is 3.68. The first-order chi connectivity index (χ1) is 7.48. The van der Waals surface area contributed by atoms with Crippen LogP contribution in [-0.4, -0.2) is 23.4 Å². The van der Waals surface area contributed by atoms with Gasteiger partial charge in [0.2, 0.25) is 0 Å². The summed E-state index contributed by atoms with van der Waals surface area (Å²) in [5.41, 5.74) is -0.392. The van der Waals surface area contributed by atoms with Crippen LogP contribution in [0, 0.1) is 15.5 Å². The molecule has 0 aromatic rings. The molecule has 2 aliphatic carbocycles. The molecule has 92 valence electrons. The fourth-order valence-corrected chi connectivity index (χ4v) is 5.17. The molecule has 1 atom stereocenters. The predicted molar refractivity (Wildman–Crippen MR) is 56.9 cm³/mol. The van der Waals surface area contributed by atoms with Crippen LogP contribution in [0.5, 0.6) is 0 Å². The Morgan fingerprint density at radius 2 is 1.81 bits per heavy atom. The van der Waals surface area contributed by atoms with Crippen LogP contribution in [0.1, 0.15) is 33.1 Å². The van der Waals surface area contributed by atoms with Crippen LogP contribution in [0.3, 0.4) is 0 Å². The van der Waals surface area contributed by atoms with Gasteiger partial charge in [0.05, 0.1) is 18.6 Å². The molecule has 0 aromatic heterocycles. The summed E-state index contributed by atoms with van der Waals surface area (Å²) in [5, 5.41) is 9.76. The number of nitro groups is 1. The number of hydrogen-bond donors (Lipinski definition) is 0. The molecule has 2 rings (SSSR count). The second kappa shape index (κ2) is 3.52. The van der Waals surface area contributed by atoms with Gasteiger partial charge in [-0.1, -0.05) is 0 Å². The van der Waals surface area contributed by atoms with Gasteiger partial charge in [-0.05, 0) is 26.7 Å². The smallest absolute Gasteiger partial charge is 0.304 e. The monoisotopic (exact) mass is 249 g/mol. The van der Waals surface area contributed by atoms with Gasteiger partial charge < -0.3 is 9.05 Å². The van der Waals surface area contributed by atoms with E-state index < -0.39 is 23.2 Å². The average molecular weight is 249 g/mol. The minimum Gasteiger partial charge on any atom is -0.304 e. The van der Waals surface area contributed by atoms with Crippen LogP contribution in [0.2, 0.25) is 0 Å². The maximum atomic E-state index is 12.5. The van der Waals surface area contributed by atoms with E-state index in [1.807, 2.05) is 0 Å². The molecule has 0 saturated heterocycles.